The van der Waals surface area contributed by atoms with E-state index in [1.165, 1.54) is 49.1 Å². The lowest BCUT2D eigenvalue weighted by Crippen LogP contribution is -2.41. The number of fused-ring (bicyclic) bond motifs is 1. The van der Waals surface area contributed by atoms with Crippen molar-refractivity contribution in [3.63, 3.8) is 0 Å². The number of hydrogen-bond acceptors (Lipinski definition) is 6. The first kappa shape index (κ1) is 25.1. The fraction of sp³-hybridized carbons (Fsp3) is 0.391. The molecule has 1 N–H and O–H groups in total. The third-order valence-electron chi connectivity index (χ3n) is 6.70. The summed E-state index contributed by atoms with van der Waals surface area (Å²) in [5.74, 6) is -0.817. The van der Waals surface area contributed by atoms with Crippen molar-refractivity contribution >= 4 is 39.7 Å². The standard InChI is InChI=1S/C23H28BFN4O5S/c1-22(2)23(3,4)34-24(33-22)16-12-17-19(21(30)26-5)20(14-8-10-15(25)11-9-14)27-29(17)13-18(16)28(6)35(7,31)32/h8-13H,1-7H3,(H,26,30). The molecule has 0 unspecified atom stereocenters. The van der Waals surface area contributed by atoms with Crippen LogP contribution in [0.2, 0.25) is 0 Å². The highest BCUT2D eigenvalue weighted by Gasteiger charge is 2.52. The molecule has 0 bridgehead atoms. The number of benzene rings is 1. The lowest BCUT2D eigenvalue weighted by atomic mass is 9.78. The zero-order valence-corrected chi connectivity index (χ0v) is 21.5. The van der Waals surface area contributed by atoms with E-state index >= 15 is 0 Å². The van der Waals surface area contributed by atoms with Crippen LogP contribution in [0.3, 0.4) is 0 Å². The van der Waals surface area contributed by atoms with Gasteiger partial charge in [0.2, 0.25) is 10.0 Å². The number of pyridine rings is 1. The molecular formula is C23H28BFN4O5S. The molecule has 1 aromatic carbocycles. The summed E-state index contributed by atoms with van der Waals surface area (Å²) >= 11 is 0. The topological polar surface area (TPSA) is 102 Å². The summed E-state index contributed by atoms with van der Waals surface area (Å²) in [6.07, 6.45) is 2.62. The maximum atomic E-state index is 13.5. The molecule has 0 saturated carbocycles. The average molecular weight is 502 g/mol. The number of anilines is 1. The van der Waals surface area contributed by atoms with Crippen LogP contribution in [0.5, 0.6) is 0 Å². The predicted molar refractivity (Wildman–Crippen MR) is 133 cm³/mol. The average Bonchev–Trinajstić information content (AvgIpc) is 3.24. The quantitative estimate of drug-likeness (QED) is 0.537. The number of nitrogens with zero attached hydrogens (tertiary/aromatic N) is 3. The highest BCUT2D eigenvalue weighted by Crippen LogP contribution is 2.38. The van der Waals surface area contributed by atoms with Gasteiger partial charge in [0.15, 0.2) is 0 Å². The van der Waals surface area contributed by atoms with E-state index in [-0.39, 0.29) is 11.3 Å². The first-order chi connectivity index (χ1) is 16.2. The van der Waals surface area contributed by atoms with E-state index in [0.29, 0.717) is 22.2 Å². The molecule has 0 spiro atoms. The van der Waals surface area contributed by atoms with E-state index in [2.05, 4.69) is 10.4 Å². The Bertz CT molecular complexity index is 1400. The second kappa shape index (κ2) is 8.32. The van der Waals surface area contributed by atoms with Crippen molar-refractivity contribution in [2.24, 2.45) is 0 Å². The van der Waals surface area contributed by atoms with Gasteiger partial charge in [0.1, 0.15) is 11.5 Å². The van der Waals surface area contributed by atoms with Gasteiger partial charge in [-0.3, -0.25) is 9.10 Å². The lowest BCUT2D eigenvalue weighted by molar-refractivity contribution is 0.00578. The SMILES string of the molecule is CNC(=O)c1c(-c2ccc(F)cc2)nn2cc(N(C)S(C)(=O)=O)c(B3OC(C)(C)C(C)(C)O3)cc12. The molecule has 3 heterocycles. The molecule has 1 aliphatic heterocycles. The number of halogens is 1. The van der Waals surface area contributed by atoms with E-state index in [1.807, 2.05) is 27.7 Å². The summed E-state index contributed by atoms with van der Waals surface area (Å²) in [6.45, 7) is 7.58. The number of carbonyl (C=O) groups excluding carboxylic acids is 1. The Balaban J connectivity index is 2.02. The molecular weight excluding hydrogens is 474 g/mol. The van der Waals surface area contributed by atoms with Gasteiger partial charge in [-0.05, 0) is 58.0 Å². The second-order valence-electron chi connectivity index (χ2n) is 9.57. The lowest BCUT2D eigenvalue weighted by Gasteiger charge is -2.32. The van der Waals surface area contributed by atoms with Crippen molar-refractivity contribution in [1.29, 1.82) is 0 Å². The van der Waals surface area contributed by atoms with Crippen LogP contribution in [-0.2, 0) is 19.3 Å². The Kier molecular flexibility index (Phi) is 5.98. The van der Waals surface area contributed by atoms with Gasteiger partial charge in [0, 0.05) is 25.1 Å². The van der Waals surface area contributed by atoms with E-state index < -0.39 is 40.1 Å². The zero-order valence-electron chi connectivity index (χ0n) is 20.7. The molecule has 0 radical (unpaired) electrons. The van der Waals surface area contributed by atoms with Crippen LogP contribution < -0.4 is 15.1 Å². The van der Waals surface area contributed by atoms with Gasteiger partial charge in [-0.15, -0.1) is 0 Å². The van der Waals surface area contributed by atoms with Crippen LogP contribution in [-0.4, -0.2) is 62.6 Å². The molecule has 1 saturated heterocycles. The van der Waals surface area contributed by atoms with Gasteiger partial charge in [-0.25, -0.2) is 17.3 Å². The number of carbonyl (C=O) groups is 1. The largest absolute Gasteiger partial charge is 0.497 e. The van der Waals surface area contributed by atoms with Crippen LogP contribution in [0.15, 0.2) is 36.5 Å². The molecule has 4 rings (SSSR count). The Morgan fingerprint density at radius 1 is 1.14 bits per heavy atom. The third kappa shape index (κ3) is 4.30. The fourth-order valence-corrected chi connectivity index (χ4v) is 4.36. The van der Waals surface area contributed by atoms with Crippen molar-refractivity contribution in [1.82, 2.24) is 14.9 Å². The summed E-state index contributed by atoms with van der Waals surface area (Å²) in [4.78, 5) is 13.0. The first-order valence-corrected chi connectivity index (χ1v) is 12.8. The van der Waals surface area contributed by atoms with Crippen LogP contribution in [0.25, 0.3) is 16.8 Å². The summed E-state index contributed by atoms with van der Waals surface area (Å²) in [6, 6.07) is 7.28. The molecule has 35 heavy (non-hydrogen) atoms. The van der Waals surface area contributed by atoms with Gasteiger partial charge in [-0.1, -0.05) is 0 Å². The summed E-state index contributed by atoms with van der Waals surface area (Å²) in [5.41, 5.74) is 0.897. The van der Waals surface area contributed by atoms with E-state index in [4.69, 9.17) is 9.31 Å². The molecule has 9 nitrogen and oxygen atoms in total. The van der Waals surface area contributed by atoms with Crippen molar-refractivity contribution in [2.75, 3.05) is 24.7 Å². The first-order valence-electron chi connectivity index (χ1n) is 11.0. The van der Waals surface area contributed by atoms with Gasteiger partial charge in [-0.2, -0.15) is 5.10 Å². The number of amides is 1. The molecule has 3 aromatic rings. The maximum Gasteiger partial charge on any atom is 0.497 e. The summed E-state index contributed by atoms with van der Waals surface area (Å²) < 4.78 is 53.5. The van der Waals surface area contributed by atoms with Gasteiger partial charge >= 0.3 is 7.12 Å². The molecule has 2 aromatic heterocycles. The molecule has 1 fully saturated rings. The van der Waals surface area contributed by atoms with Gasteiger partial charge in [0.05, 0.1) is 40.4 Å². The number of nitrogens with one attached hydrogen (secondary N) is 1. The van der Waals surface area contributed by atoms with Crippen LogP contribution in [0.1, 0.15) is 38.1 Å². The molecule has 12 heteroatoms. The van der Waals surface area contributed by atoms with E-state index in [0.717, 1.165) is 10.6 Å². The summed E-state index contributed by atoms with van der Waals surface area (Å²) in [7, 11) is -1.63. The number of hydrogen-bond donors (Lipinski definition) is 1. The van der Waals surface area contributed by atoms with Gasteiger partial charge < -0.3 is 14.6 Å². The van der Waals surface area contributed by atoms with E-state index in [1.54, 1.807) is 6.07 Å². The Labute approximate surface area is 204 Å². The molecule has 1 amide bonds. The predicted octanol–water partition coefficient (Wildman–Crippen LogP) is 2.19. The molecule has 0 aliphatic carbocycles. The highest BCUT2D eigenvalue weighted by molar-refractivity contribution is 7.92. The Morgan fingerprint density at radius 2 is 1.71 bits per heavy atom. The van der Waals surface area contributed by atoms with Crippen molar-refractivity contribution in [2.45, 2.75) is 38.9 Å². The minimum Gasteiger partial charge on any atom is -0.399 e. The summed E-state index contributed by atoms with van der Waals surface area (Å²) in [5, 5.41) is 7.18. The molecule has 186 valence electrons. The third-order valence-corrected chi connectivity index (χ3v) is 7.89. The van der Waals surface area contributed by atoms with Crippen molar-refractivity contribution < 1.29 is 26.9 Å². The van der Waals surface area contributed by atoms with Gasteiger partial charge in [0.25, 0.3) is 5.91 Å². The van der Waals surface area contributed by atoms with Crippen LogP contribution in [0.4, 0.5) is 10.1 Å². The normalized spacial score (nSPS) is 17.1. The van der Waals surface area contributed by atoms with Crippen molar-refractivity contribution in [3.05, 3.63) is 47.9 Å². The van der Waals surface area contributed by atoms with Crippen molar-refractivity contribution in [3.8, 4) is 11.3 Å². The Morgan fingerprint density at radius 3 is 2.23 bits per heavy atom. The van der Waals surface area contributed by atoms with Crippen LogP contribution in [0, 0.1) is 5.82 Å². The number of aromatic nitrogens is 2. The number of sulfonamides is 1. The minimum absolute atomic E-state index is 0.255. The minimum atomic E-state index is -3.66. The molecule has 1 aliphatic rings. The van der Waals surface area contributed by atoms with E-state index in [9.17, 15) is 17.6 Å². The second-order valence-corrected chi connectivity index (χ2v) is 11.6. The maximum absolute atomic E-state index is 13.5. The molecule has 0 atom stereocenters. The van der Waals surface area contributed by atoms with Crippen LogP contribution >= 0.6 is 0 Å². The zero-order chi connectivity index (χ0) is 25.9. The highest BCUT2D eigenvalue weighted by atomic mass is 32.2. The smallest absolute Gasteiger partial charge is 0.399 e. The Hall–Kier alpha value is -2.96. The fourth-order valence-electron chi connectivity index (χ4n) is 3.86. The number of rotatable bonds is 5. The monoisotopic (exact) mass is 502 g/mol.